The van der Waals surface area contributed by atoms with E-state index in [1.807, 2.05) is 4.90 Å². The van der Waals surface area contributed by atoms with E-state index in [4.69, 9.17) is 9.26 Å². The Labute approximate surface area is 137 Å². The number of carbonyl (C=O) groups excluding carboxylic acids is 1. The van der Waals surface area contributed by atoms with Gasteiger partial charge in [0.25, 0.3) is 5.91 Å². The van der Waals surface area contributed by atoms with E-state index < -0.39 is 0 Å². The number of likely N-dealkylation sites (tertiary alicyclic amines) is 1. The van der Waals surface area contributed by atoms with Crippen LogP contribution in [0.15, 0.2) is 4.52 Å². The van der Waals surface area contributed by atoms with Crippen molar-refractivity contribution in [3.63, 3.8) is 0 Å². The van der Waals surface area contributed by atoms with Gasteiger partial charge in [0.15, 0.2) is 0 Å². The van der Waals surface area contributed by atoms with Crippen molar-refractivity contribution in [3.05, 3.63) is 17.0 Å². The lowest BCUT2D eigenvalue weighted by molar-refractivity contribution is -0.142. The van der Waals surface area contributed by atoms with Crippen LogP contribution in [0.5, 0.6) is 0 Å². The fraction of sp³-hybridized carbons (Fsp3) is 0.778. The molecule has 1 aliphatic carbocycles. The molecule has 0 saturated carbocycles. The largest absolute Gasteiger partial charge is 0.368 e. The standard InChI is InChI=1S/C18H26N2O3/c21-18(16-7-4-12-22-16)20-10-8-13(9-11-20)17-14-5-2-1-3-6-15(14)19-23-17/h13,16H,1-12H2. The molecule has 3 aliphatic rings. The van der Waals surface area contributed by atoms with Gasteiger partial charge in [-0.25, -0.2) is 0 Å². The first-order chi connectivity index (χ1) is 11.3. The highest BCUT2D eigenvalue weighted by molar-refractivity contribution is 5.81. The molecule has 0 aromatic carbocycles. The van der Waals surface area contributed by atoms with Crippen LogP contribution in [0.4, 0.5) is 0 Å². The molecule has 126 valence electrons. The van der Waals surface area contributed by atoms with Crippen LogP contribution in [-0.2, 0) is 22.4 Å². The maximum atomic E-state index is 12.4. The summed E-state index contributed by atoms with van der Waals surface area (Å²) in [5.41, 5.74) is 2.57. The fourth-order valence-electron chi connectivity index (χ4n) is 4.25. The minimum atomic E-state index is -0.187. The van der Waals surface area contributed by atoms with Gasteiger partial charge in [-0.05, 0) is 51.4 Å². The molecule has 4 rings (SSSR count). The van der Waals surface area contributed by atoms with Crippen molar-refractivity contribution in [2.24, 2.45) is 0 Å². The predicted molar refractivity (Wildman–Crippen MR) is 85.3 cm³/mol. The first kappa shape index (κ1) is 15.2. The molecule has 1 aromatic rings. The first-order valence-corrected chi connectivity index (χ1v) is 9.20. The average Bonchev–Trinajstić information content (AvgIpc) is 3.20. The summed E-state index contributed by atoms with van der Waals surface area (Å²) in [7, 11) is 0. The van der Waals surface area contributed by atoms with Crippen molar-refractivity contribution in [3.8, 4) is 0 Å². The Morgan fingerprint density at radius 3 is 2.65 bits per heavy atom. The zero-order chi connectivity index (χ0) is 15.6. The van der Waals surface area contributed by atoms with Gasteiger partial charge in [0.2, 0.25) is 0 Å². The number of aryl methyl sites for hydroxylation is 1. The van der Waals surface area contributed by atoms with Gasteiger partial charge < -0.3 is 14.2 Å². The van der Waals surface area contributed by atoms with E-state index in [9.17, 15) is 4.79 Å². The number of ether oxygens (including phenoxy) is 1. The third-order valence-corrected chi connectivity index (χ3v) is 5.62. The second kappa shape index (κ2) is 6.63. The average molecular weight is 318 g/mol. The number of hydrogen-bond donors (Lipinski definition) is 0. The van der Waals surface area contributed by atoms with Crippen molar-refractivity contribution in [2.75, 3.05) is 19.7 Å². The molecule has 0 N–H and O–H groups in total. The quantitative estimate of drug-likeness (QED) is 0.787. The van der Waals surface area contributed by atoms with Gasteiger partial charge in [-0.2, -0.15) is 0 Å². The third-order valence-electron chi connectivity index (χ3n) is 5.62. The molecule has 2 saturated heterocycles. The number of hydrogen-bond acceptors (Lipinski definition) is 4. The molecule has 2 fully saturated rings. The smallest absolute Gasteiger partial charge is 0.251 e. The molecule has 0 spiro atoms. The maximum Gasteiger partial charge on any atom is 0.251 e. The Hall–Kier alpha value is -1.36. The van der Waals surface area contributed by atoms with E-state index in [2.05, 4.69) is 5.16 Å². The molecular weight excluding hydrogens is 292 g/mol. The van der Waals surface area contributed by atoms with E-state index in [0.717, 1.165) is 64.0 Å². The Morgan fingerprint density at radius 1 is 1.04 bits per heavy atom. The van der Waals surface area contributed by atoms with Crippen molar-refractivity contribution in [1.82, 2.24) is 10.1 Å². The van der Waals surface area contributed by atoms with Crippen LogP contribution in [0, 0.1) is 0 Å². The van der Waals surface area contributed by atoms with Crippen LogP contribution in [0.3, 0.4) is 0 Å². The summed E-state index contributed by atoms with van der Waals surface area (Å²) in [6, 6.07) is 0. The van der Waals surface area contributed by atoms with E-state index in [1.165, 1.54) is 30.5 Å². The highest BCUT2D eigenvalue weighted by Gasteiger charge is 2.33. The SMILES string of the molecule is O=C(C1CCCO1)N1CCC(c2onc3c2CCCCC3)CC1. The summed E-state index contributed by atoms with van der Waals surface area (Å²) in [5.74, 6) is 1.74. The second-order valence-corrected chi connectivity index (χ2v) is 7.13. The van der Waals surface area contributed by atoms with E-state index in [-0.39, 0.29) is 12.0 Å². The molecular formula is C18H26N2O3. The van der Waals surface area contributed by atoms with Crippen molar-refractivity contribution < 1.29 is 14.1 Å². The molecule has 23 heavy (non-hydrogen) atoms. The molecule has 1 unspecified atom stereocenters. The molecule has 1 aromatic heterocycles. The number of carbonyl (C=O) groups is 1. The summed E-state index contributed by atoms with van der Waals surface area (Å²) >= 11 is 0. The van der Waals surface area contributed by atoms with Crippen LogP contribution in [-0.4, -0.2) is 41.8 Å². The van der Waals surface area contributed by atoms with Gasteiger partial charge in [0.05, 0.1) is 5.69 Å². The monoisotopic (exact) mass is 318 g/mol. The van der Waals surface area contributed by atoms with Crippen LogP contribution < -0.4 is 0 Å². The highest BCUT2D eigenvalue weighted by atomic mass is 16.5. The fourth-order valence-corrected chi connectivity index (χ4v) is 4.25. The Bertz CT molecular complexity index is 555. The number of nitrogens with zero attached hydrogens (tertiary/aromatic N) is 2. The number of piperidine rings is 1. The molecule has 0 radical (unpaired) electrons. The maximum absolute atomic E-state index is 12.4. The Balaban J connectivity index is 1.40. The lowest BCUT2D eigenvalue weighted by Crippen LogP contribution is -2.43. The zero-order valence-electron chi connectivity index (χ0n) is 13.8. The zero-order valence-corrected chi connectivity index (χ0v) is 13.8. The van der Waals surface area contributed by atoms with Crippen molar-refractivity contribution in [2.45, 2.75) is 69.8 Å². The molecule has 2 aliphatic heterocycles. The highest BCUT2D eigenvalue weighted by Crippen LogP contribution is 2.34. The van der Waals surface area contributed by atoms with E-state index >= 15 is 0 Å². The minimum absolute atomic E-state index is 0.187. The normalized spacial score (nSPS) is 26.1. The van der Waals surface area contributed by atoms with Gasteiger partial charge >= 0.3 is 0 Å². The summed E-state index contributed by atoms with van der Waals surface area (Å²) in [4.78, 5) is 14.4. The summed E-state index contributed by atoms with van der Waals surface area (Å²) in [5, 5.41) is 4.33. The molecule has 5 heteroatoms. The number of amides is 1. The first-order valence-electron chi connectivity index (χ1n) is 9.20. The van der Waals surface area contributed by atoms with Gasteiger partial charge in [0, 0.05) is 31.2 Å². The second-order valence-electron chi connectivity index (χ2n) is 7.13. The molecule has 3 heterocycles. The third kappa shape index (κ3) is 3.03. The Kier molecular flexibility index (Phi) is 4.38. The van der Waals surface area contributed by atoms with Gasteiger partial charge in [-0.3, -0.25) is 4.79 Å². The molecule has 1 atom stereocenters. The number of rotatable bonds is 2. The molecule has 5 nitrogen and oxygen atoms in total. The van der Waals surface area contributed by atoms with E-state index in [1.54, 1.807) is 0 Å². The predicted octanol–water partition coefficient (Wildman–Crippen LogP) is 2.83. The van der Waals surface area contributed by atoms with Crippen LogP contribution in [0.1, 0.15) is 67.9 Å². The molecule has 0 bridgehead atoms. The topological polar surface area (TPSA) is 55.6 Å². The van der Waals surface area contributed by atoms with Crippen molar-refractivity contribution >= 4 is 5.91 Å². The van der Waals surface area contributed by atoms with Crippen LogP contribution in [0.2, 0.25) is 0 Å². The summed E-state index contributed by atoms with van der Waals surface area (Å²) in [6.07, 6.45) is 9.63. The summed E-state index contributed by atoms with van der Waals surface area (Å²) in [6.45, 7) is 2.37. The van der Waals surface area contributed by atoms with Gasteiger partial charge in [0.1, 0.15) is 11.9 Å². The van der Waals surface area contributed by atoms with Crippen molar-refractivity contribution in [1.29, 1.82) is 0 Å². The van der Waals surface area contributed by atoms with Crippen LogP contribution >= 0.6 is 0 Å². The van der Waals surface area contributed by atoms with Gasteiger partial charge in [-0.1, -0.05) is 11.6 Å². The molecule has 1 amide bonds. The lowest BCUT2D eigenvalue weighted by Gasteiger charge is -2.32. The minimum Gasteiger partial charge on any atom is -0.368 e. The summed E-state index contributed by atoms with van der Waals surface area (Å²) < 4.78 is 11.3. The number of fused-ring (bicyclic) bond motifs is 1. The Morgan fingerprint density at radius 2 is 1.87 bits per heavy atom. The lowest BCUT2D eigenvalue weighted by atomic mass is 9.90. The number of aromatic nitrogens is 1. The van der Waals surface area contributed by atoms with E-state index in [0.29, 0.717) is 5.92 Å². The van der Waals surface area contributed by atoms with Crippen LogP contribution in [0.25, 0.3) is 0 Å². The van der Waals surface area contributed by atoms with Gasteiger partial charge in [-0.15, -0.1) is 0 Å².